The van der Waals surface area contributed by atoms with E-state index < -0.39 is 11.6 Å². The highest BCUT2D eigenvalue weighted by Crippen LogP contribution is 2.24. The van der Waals surface area contributed by atoms with E-state index in [1.807, 2.05) is 26.0 Å². The second-order valence-corrected chi connectivity index (χ2v) is 7.68. The lowest BCUT2D eigenvalue weighted by Gasteiger charge is -2.35. The molecule has 3 aromatic rings. The summed E-state index contributed by atoms with van der Waals surface area (Å²) in [4.78, 5) is 21.7. The normalized spacial score (nSPS) is 19.7. The first-order valence-electron chi connectivity index (χ1n) is 10.3. The molecule has 0 saturated carbocycles. The van der Waals surface area contributed by atoms with E-state index in [0.717, 1.165) is 5.56 Å². The Morgan fingerprint density at radius 3 is 2.75 bits per heavy atom. The van der Waals surface area contributed by atoms with Gasteiger partial charge in [-0.3, -0.25) is 4.79 Å². The van der Waals surface area contributed by atoms with E-state index in [1.165, 1.54) is 12.1 Å². The number of aromatic nitrogens is 3. The van der Waals surface area contributed by atoms with Crippen molar-refractivity contribution in [3.05, 3.63) is 90.2 Å². The largest absolute Gasteiger partial charge is 0.386 e. The lowest BCUT2D eigenvalue weighted by atomic mass is 9.85. The van der Waals surface area contributed by atoms with Crippen molar-refractivity contribution >= 4 is 17.5 Å². The highest BCUT2D eigenvalue weighted by molar-refractivity contribution is 5.95. The molecule has 32 heavy (non-hydrogen) atoms. The molecule has 2 aromatic heterocycles. The van der Waals surface area contributed by atoms with Crippen molar-refractivity contribution in [1.29, 1.82) is 0 Å². The molecule has 1 aliphatic rings. The van der Waals surface area contributed by atoms with Crippen molar-refractivity contribution in [2.24, 2.45) is 0 Å². The zero-order valence-corrected chi connectivity index (χ0v) is 17.8. The highest BCUT2D eigenvalue weighted by Gasteiger charge is 2.35. The van der Waals surface area contributed by atoms with Crippen LogP contribution in [0.5, 0.6) is 0 Å². The van der Waals surface area contributed by atoms with Gasteiger partial charge in [-0.05, 0) is 43.7 Å². The molecule has 7 nitrogen and oxygen atoms in total. The summed E-state index contributed by atoms with van der Waals surface area (Å²) in [7, 11) is 0. The van der Waals surface area contributed by atoms with Crippen molar-refractivity contribution < 1.29 is 14.3 Å². The first-order chi connectivity index (χ1) is 15.4. The summed E-state index contributed by atoms with van der Waals surface area (Å²) in [6, 6.07) is 7.60. The summed E-state index contributed by atoms with van der Waals surface area (Å²) in [6.07, 6.45) is 11.9. The number of nitrogens with zero attached hydrogens (tertiary/aromatic N) is 3. The average molecular weight is 433 g/mol. The van der Waals surface area contributed by atoms with Gasteiger partial charge in [-0.1, -0.05) is 31.2 Å². The van der Waals surface area contributed by atoms with Gasteiger partial charge in [-0.25, -0.2) is 9.37 Å². The van der Waals surface area contributed by atoms with E-state index in [1.54, 1.807) is 53.5 Å². The van der Waals surface area contributed by atoms with E-state index in [-0.39, 0.29) is 11.7 Å². The molecule has 3 N–H and O–H groups in total. The predicted molar refractivity (Wildman–Crippen MR) is 121 cm³/mol. The van der Waals surface area contributed by atoms with Crippen LogP contribution in [-0.4, -0.2) is 37.2 Å². The Morgan fingerprint density at radius 2 is 2.03 bits per heavy atom. The Hall–Kier alpha value is -3.78. The summed E-state index contributed by atoms with van der Waals surface area (Å²) >= 11 is 0. The van der Waals surface area contributed by atoms with Crippen LogP contribution >= 0.6 is 0 Å². The second-order valence-electron chi connectivity index (χ2n) is 7.68. The number of aliphatic hydroxyl groups is 1. The van der Waals surface area contributed by atoms with E-state index in [2.05, 4.69) is 20.6 Å². The van der Waals surface area contributed by atoms with Gasteiger partial charge in [-0.15, -0.1) is 0 Å². The molecule has 1 aromatic carbocycles. The van der Waals surface area contributed by atoms with Gasteiger partial charge in [0.25, 0.3) is 5.91 Å². The number of rotatable bonds is 6. The third-order valence-corrected chi connectivity index (χ3v) is 5.50. The number of carbonyl (C=O) groups is 1. The molecule has 0 spiro atoms. The van der Waals surface area contributed by atoms with Crippen molar-refractivity contribution in [2.75, 3.05) is 5.32 Å². The molecular formula is C24H24FN5O2. The van der Waals surface area contributed by atoms with Crippen LogP contribution < -0.4 is 10.6 Å². The zero-order valence-electron chi connectivity index (χ0n) is 17.8. The molecule has 8 heteroatoms. The minimum absolute atomic E-state index is 0.291. The van der Waals surface area contributed by atoms with E-state index in [0.29, 0.717) is 29.4 Å². The molecule has 4 rings (SSSR count). The fourth-order valence-electron chi connectivity index (χ4n) is 3.56. The number of halogens is 1. The first kappa shape index (κ1) is 21.5. The third-order valence-electron chi connectivity index (χ3n) is 5.50. The Kier molecular flexibility index (Phi) is 5.87. The maximum Gasteiger partial charge on any atom is 0.253 e. The van der Waals surface area contributed by atoms with Crippen molar-refractivity contribution in [3.8, 4) is 5.82 Å². The van der Waals surface area contributed by atoms with Gasteiger partial charge in [0.05, 0.1) is 17.2 Å². The molecule has 2 unspecified atom stereocenters. The molecular weight excluding hydrogens is 409 g/mol. The van der Waals surface area contributed by atoms with Gasteiger partial charge >= 0.3 is 0 Å². The molecule has 2 atom stereocenters. The molecule has 0 saturated heterocycles. The molecule has 164 valence electrons. The fraction of sp³-hybridized carbons (Fsp3) is 0.208. The van der Waals surface area contributed by atoms with Crippen LogP contribution in [0, 0.1) is 12.7 Å². The Morgan fingerprint density at radius 1 is 1.25 bits per heavy atom. The predicted octanol–water partition coefficient (Wildman–Crippen LogP) is 3.82. The molecule has 0 aliphatic heterocycles. The van der Waals surface area contributed by atoms with Gasteiger partial charge in [0.15, 0.2) is 0 Å². The monoisotopic (exact) mass is 433 g/mol. The minimum atomic E-state index is -0.842. The summed E-state index contributed by atoms with van der Waals surface area (Å²) in [5.74, 6) is 0.343. The number of benzene rings is 1. The van der Waals surface area contributed by atoms with Gasteiger partial charge in [0.2, 0.25) is 5.95 Å². The van der Waals surface area contributed by atoms with Crippen molar-refractivity contribution in [1.82, 2.24) is 19.9 Å². The number of allylic oxidation sites excluding steroid dienone is 2. The Balaban J connectivity index is 1.55. The minimum Gasteiger partial charge on any atom is -0.386 e. The zero-order chi connectivity index (χ0) is 22.7. The number of nitrogens with one attached hydrogen (secondary N) is 2. The summed E-state index contributed by atoms with van der Waals surface area (Å²) in [6.45, 7) is 3.79. The number of anilines is 2. The number of aryl methyl sites for hydroxylation is 1. The van der Waals surface area contributed by atoms with Gasteiger partial charge in [0, 0.05) is 29.8 Å². The van der Waals surface area contributed by atoms with E-state index in [4.69, 9.17) is 0 Å². The van der Waals surface area contributed by atoms with E-state index in [9.17, 15) is 14.3 Å². The van der Waals surface area contributed by atoms with E-state index >= 15 is 0 Å². The smallest absolute Gasteiger partial charge is 0.253 e. The van der Waals surface area contributed by atoms with Crippen molar-refractivity contribution in [3.63, 3.8) is 0 Å². The topological polar surface area (TPSA) is 92.1 Å². The van der Waals surface area contributed by atoms with Crippen LogP contribution in [0.2, 0.25) is 0 Å². The van der Waals surface area contributed by atoms with Crippen LogP contribution in [0.1, 0.15) is 29.3 Å². The second kappa shape index (κ2) is 8.76. The Bertz CT molecular complexity index is 1190. The lowest BCUT2D eigenvalue weighted by molar-refractivity contribution is 0.0789. The summed E-state index contributed by atoms with van der Waals surface area (Å²) in [5.41, 5.74) is 1.08. The highest BCUT2D eigenvalue weighted by atomic mass is 19.1. The van der Waals surface area contributed by atoms with Crippen molar-refractivity contribution in [2.45, 2.75) is 31.9 Å². The summed E-state index contributed by atoms with van der Waals surface area (Å²) in [5, 5.41) is 16.4. The third kappa shape index (κ3) is 4.31. The number of carbonyl (C=O) groups excluding carboxylic acids is 1. The lowest BCUT2D eigenvalue weighted by Crippen LogP contribution is -2.55. The number of aliphatic hydroxyl groups excluding tert-OH is 1. The fourth-order valence-corrected chi connectivity index (χ4v) is 3.56. The summed E-state index contributed by atoms with van der Waals surface area (Å²) < 4.78 is 14.9. The average Bonchev–Trinajstić information content (AvgIpc) is 3.28. The molecule has 1 amide bonds. The first-order valence-corrected chi connectivity index (χ1v) is 10.3. The maximum absolute atomic E-state index is 13.1. The SMILES string of the molecule is CCC1(NC(=O)c2ccn(-c3nc(Nc4ccc(F)cc4)ncc3C)c2)C=CC=CC1O. The van der Waals surface area contributed by atoms with Crippen LogP contribution in [0.3, 0.4) is 0 Å². The van der Waals surface area contributed by atoms with Crippen LogP contribution in [0.15, 0.2) is 73.2 Å². The van der Waals surface area contributed by atoms with Gasteiger partial charge in [-0.2, -0.15) is 4.98 Å². The Labute approximate surface area is 185 Å². The van der Waals surface area contributed by atoms with Crippen LogP contribution in [0.25, 0.3) is 5.82 Å². The van der Waals surface area contributed by atoms with Gasteiger partial charge in [0.1, 0.15) is 11.6 Å². The standard InChI is InChI=1S/C24H24FN5O2/c1-3-24(12-5-4-6-20(24)31)29-22(32)17-11-13-30(15-17)21-16(2)14-26-23(28-21)27-19-9-7-18(25)8-10-19/h4-15,20,31H,3H2,1-2H3,(H,29,32)(H,26,27,28). The number of amides is 1. The van der Waals surface area contributed by atoms with Gasteiger partial charge < -0.3 is 20.3 Å². The van der Waals surface area contributed by atoms with Crippen LogP contribution in [-0.2, 0) is 0 Å². The molecule has 2 heterocycles. The molecule has 0 fully saturated rings. The molecule has 1 aliphatic carbocycles. The van der Waals surface area contributed by atoms with Crippen LogP contribution in [0.4, 0.5) is 16.0 Å². The molecule has 0 bridgehead atoms. The molecule has 0 radical (unpaired) electrons. The quantitative estimate of drug-likeness (QED) is 0.550. The number of hydrogen-bond acceptors (Lipinski definition) is 5. The maximum atomic E-state index is 13.1. The number of hydrogen-bond donors (Lipinski definition) is 3.